The van der Waals surface area contributed by atoms with E-state index >= 15 is 0 Å². The van der Waals surface area contributed by atoms with Gasteiger partial charge in [-0.2, -0.15) is 0 Å². The number of fused-ring (bicyclic) bond motifs is 1. The summed E-state index contributed by atoms with van der Waals surface area (Å²) >= 11 is 0. The Morgan fingerprint density at radius 1 is 1.07 bits per heavy atom. The fourth-order valence-electron chi connectivity index (χ4n) is 5.22. The third kappa shape index (κ3) is 3.39. The van der Waals surface area contributed by atoms with E-state index in [1.807, 2.05) is 0 Å². The third-order valence-electron chi connectivity index (χ3n) is 6.96. The van der Waals surface area contributed by atoms with Crippen LogP contribution in [0.2, 0.25) is 0 Å². The van der Waals surface area contributed by atoms with E-state index in [1.165, 1.54) is 42.6 Å². The van der Waals surface area contributed by atoms with Gasteiger partial charge >= 0.3 is 0 Å². The number of nitrogens with one attached hydrogen (secondary N) is 1. The van der Waals surface area contributed by atoms with Crippen molar-refractivity contribution in [1.29, 1.82) is 0 Å². The third-order valence-corrected chi connectivity index (χ3v) is 9.53. The molecule has 1 N–H and O–H groups in total. The van der Waals surface area contributed by atoms with Crippen LogP contribution in [0.25, 0.3) is 5.57 Å². The lowest BCUT2D eigenvalue weighted by atomic mass is 9.90. The topological polar surface area (TPSA) is 49.4 Å². The zero-order chi connectivity index (χ0) is 18.4. The summed E-state index contributed by atoms with van der Waals surface area (Å²) in [6.07, 6.45) is 8.78. The van der Waals surface area contributed by atoms with Crippen molar-refractivity contribution < 1.29 is 8.42 Å². The minimum atomic E-state index is -3.04. The van der Waals surface area contributed by atoms with Gasteiger partial charge in [-0.3, -0.25) is 0 Å². The van der Waals surface area contributed by atoms with E-state index in [9.17, 15) is 8.42 Å². The molecule has 2 aliphatic heterocycles. The van der Waals surface area contributed by atoms with E-state index in [2.05, 4.69) is 40.6 Å². The zero-order valence-electron chi connectivity index (χ0n) is 15.9. The second-order valence-corrected chi connectivity index (χ2v) is 11.1. The molecule has 3 atom stereocenters. The minimum Gasteiger partial charge on any atom is -0.303 e. The standard InChI is InChI=1S/C22H30N2O2S/c25-27(26,19-8-9-19)22-21-18(15-23-22)7-10-20(21)17-5-3-16(4-6-17)11-14-24-12-1-2-13-24/h3-6,10,18-19,21-23H,1-2,7-9,11-15H2/t18-,21+,22?/m1/s1. The normalized spacial score (nSPS) is 31.3. The predicted molar refractivity (Wildman–Crippen MR) is 109 cm³/mol. The van der Waals surface area contributed by atoms with Crippen LogP contribution in [0.4, 0.5) is 0 Å². The molecule has 2 aliphatic carbocycles. The first-order valence-electron chi connectivity index (χ1n) is 10.6. The number of nitrogens with zero attached hydrogens (tertiary/aromatic N) is 1. The van der Waals surface area contributed by atoms with Gasteiger partial charge in [0.25, 0.3) is 0 Å². The Morgan fingerprint density at radius 3 is 2.52 bits per heavy atom. The highest BCUT2D eigenvalue weighted by atomic mass is 32.2. The van der Waals surface area contributed by atoms with Crippen molar-refractivity contribution in [3.63, 3.8) is 0 Å². The highest BCUT2D eigenvalue weighted by Crippen LogP contribution is 2.47. The molecule has 0 aromatic heterocycles. The van der Waals surface area contributed by atoms with Gasteiger partial charge in [0.15, 0.2) is 9.84 Å². The molecular weight excluding hydrogens is 356 g/mol. The van der Waals surface area contributed by atoms with Crippen LogP contribution in [0.5, 0.6) is 0 Å². The van der Waals surface area contributed by atoms with Crippen molar-refractivity contribution in [2.24, 2.45) is 11.8 Å². The fraction of sp³-hybridized carbons (Fsp3) is 0.636. The highest BCUT2D eigenvalue weighted by Gasteiger charge is 2.51. The van der Waals surface area contributed by atoms with Gasteiger partial charge in [-0.1, -0.05) is 30.3 Å². The number of rotatable bonds is 6. The van der Waals surface area contributed by atoms with Gasteiger partial charge in [0.1, 0.15) is 5.37 Å². The molecule has 1 aromatic carbocycles. The second kappa shape index (κ2) is 7.02. The Kier molecular flexibility index (Phi) is 4.65. The largest absolute Gasteiger partial charge is 0.303 e. The highest BCUT2D eigenvalue weighted by molar-refractivity contribution is 7.92. The Morgan fingerprint density at radius 2 is 1.81 bits per heavy atom. The SMILES string of the molecule is O=S(=O)(C1CC1)C1NC[C@H]2CC=C(c3ccc(CCN4CCCC4)cc3)[C@@H]12. The number of benzene rings is 1. The van der Waals surface area contributed by atoms with E-state index in [0.717, 1.165) is 38.8 Å². The quantitative estimate of drug-likeness (QED) is 0.817. The van der Waals surface area contributed by atoms with Gasteiger partial charge in [0.05, 0.1) is 5.25 Å². The maximum absolute atomic E-state index is 12.9. The molecule has 4 nitrogen and oxygen atoms in total. The van der Waals surface area contributed by atoms with Gasteiger partial charge in [0, 0.05) is 19.0 Å². The van der Waals surface area contributed by atoms with Crippen LogP contribution in [0, 0.1) is 11.8 Å². The second-order valence-electron chi connectivity index (χ2n) is 8.79. The number of hydrogen-bond acceptors (Lipinski definition) is 4. The minimum absolute atomic E-state index is 0.0939. The van der Waals surface area contributed by atoms with Crippen molar-refractivity contribution in [1.82, 2.24) is 10.2 Å². The van der Waals surface area contributed by atoms with Crippen LogP contribution in [-0.4, -0.2) is 50.1 Å². The first-order valence-corrected chi connectivity index (χ1v) is 12.2. The smallest absolute Gasteiger partial charge is 0.169 e. The molecule has 146 valence electrons. The lowest BCUT2D eigenvalue weighted by Gasteiger charge is -2.22. The molecule has 1 aromatic rings. The van der Waals surface area contributed by atoms with Crippen LogP contribution < -0.4 is 5.32 Å². The van der Waals surface area contributed by atoms with Gasteiger partial charge in [-0.25, -0.2) is 8.42 Å². The number of sulfone groups is 1. The van der Waals surface area contributed by atoms with Crippen molar-refractivity contribution in [3.05, 3.63) is 41.5 Å². The number of hydrogen-bond donors (Lipinski definition) is 1. The Bertz CT molecular complexity index is 820. The van der Waals surface area contributed by atoms with Crippen molar-refractivity contribution in [3.8, 4) is 0 Å². The zero-order valence-corrected chi connectivity index (χ0v) is 16.8. The maximum Gasteiger partial charge on any atom is 0.169 e. The summed E-state index contributed by atoms with van der Waals surface area (Å²) in [5.74, 6) is 0.569. The summed E-state index contributed by atoms with van der Waals surface area (Å²) in [4.78, 5) is 2.55. The molecule has 5 heteroatoms. The molecule has 1 unspecified atom stereocenters. The molecule has 1 saturated carbocycles. The molecule has 0 spiro atoms. The summed E-state index contributed by atoms with van der Waals surface area (Å²) in [5.41, 5.74) is 3.85. The summed E-state index contributed by atoms with van der Waals surface area (Å²) in [6, 6.07) is 8.91. The van der Waals surface area contributed by atoms with Gasteiger partial charge in [0.2, 0.25) is 0 Å². The average Bonchev–Trinajstić information content (AvgIpc) is 3.07. The Balaban J connectivity index is 1.30. The first-order chi connectivity index (χ1) is 13.1. The first kappa shape index (κ1) is 17.9. The number of likely N-dealkylation sites (tertiary alicyclic amines) is 1. The fourth-order valence-corrected chi connectivity index (χ4v) is 7.54. The summed E-state index contributed by atoms with van der Waals surface area (Å²) in [6.45, 7) is 4.48. The maximum atomic E-state index is 12.9. The Labute approximate surface area is 162 Å². The molecule has 3 fully saturated rings. The summed E-state index contributed by atoms with van der Waals surface area (Å²) in [7, 11) is -3.04. The van der Waals surface area contributed by atoms with Crippen LogP contribution in [-0.2, 0) is 16.3 Å². The molecule has 0 radical (unpaired) electrons. The molecule has 27 heavy (non-hydrogen) atoms. The van der Waals surface area contributed by atoms with Crippen LogP contribution in [0.1, 0.15) is 43.2 Å². The van der Waals surface area contributed by atoms with E-state index in [0.29, 0.717) is 5.92 Å². The molecule has 0 bridgehead atoms. The molecule has 0 amide bonds. The predicted octanol–water partition coefficient (Wildman–Crippen LogP) is 2.85. The van der Waals surface area contributed by atoms with Crippen LogP contribution in [0.15, 0.2) is 30.3 Å². The van der Waals surface area contributed by atoms with Crippen LogP contribution >= 0.6 is 0 Å². The Hall–Kier alpha value is -1.17. The van der Waals surface area contributed by atoms with Gasteiger partial charge in [-0.15, -0.1) is 0 Å². The lowest BCUT2D eigenvalue weighted by Crippen LogP contribution is -2.38. The van der Waals surface area contributed by atoms with E-state index in [1.54, 1.807) is 0 Å². The van der Waals surface area contributed by atoms with Gasteiger partial charge < -0.3 is 10.2 Å². The van der Waals surface area contributed by atoms with Crippen molar-refractivity contribution in [2.75, 3.05) is 26.2 Å². The van der Waals surface area contributed by atoms with Crippen molar-refractivity contribution in [2.45, 2.75) is 49.1 Å². The molecular formula is C22H30N2O2S. The lowest BCUT2D eigenvalue weighted by molar-refractivity contribution is 0.343. The van der Waals surface area contributed by atoms with E-state index in [4.69, 9.17) is 0 Å². The average molecular weight is 387 g/mol. The monoisotopic (exact) mass is 386 g/mol. The summed E-state index contributed by atoms with van der Waals surface area (Å²) < 4.78 is 25.8. The molecule has 5 rings (SSSR count). The number of allylic oxidation sites excluding steroid dienone is 1. The molecule has 4 aliphatic rings. The van der Waals surface area contributed by atoms with Gasteiger partial charge in [-0.05, 0) is 74.2 Å². The summed E-state index contributed by atoms with van der Waals surface area (Å²) in [5, 5.41) is 2.88. The molecule has 2 saturated heterocycles. The van der Waals surface area contributed by atoms with E-state index < -0.39 is 9.84 Å². The van der Waals surface area contributed by atoms with Crippen LogP contribution in [0.3, 0.4) is 0 Å². The molecule has 2 heterocycles. The van der Waals surface area contributed by atoms with E-state index in [-0.39, 0.29) is 16.5 Å². The van der Waals surface area contributed by atoms with Crippen molar-refractivity contribution >= 4 is 15.4 Å².